The molecule has 1 fully saturated rings. The van der Waals surface area contributed by atoms with Crippen LogP contribution in [0.4, 0.5) is 0 Å². The van der Waals surface area contributed by atoms with Crippen molar-refractivity contribution >= 4 is 5.91 Å². The predicted octanol–water partition coefficient (Wildman–Crippen LogP) is 2.12. The average molecular weight is 318 g/mol. The lowest BCUT2D eigenvalue weighted by molar-refractivity contribution is -0.134. The Bertz CT molecular complexity index is 561. The number of piperidine rings is 1. The number of benzene rings is 1. The fraction of sp³-hybridized carbons (Fsp3) is 0.611. The predicted molar refractivity (Wildman–Crippen MR) is 88.8 cm³/mol. The van der Waals surface area contributed by atoms with Gasteiger partial charge in [-0.2, -0.15) is 0 Å². The first-order valence-corrected chi connectivity index (χ1v) is 8.57. The van der Waals surface area contributed by atoms with Crippen molar-refractivity contribution in [1.29, 1.82) is 0 Å². The number of amides is 1. The molecule has 2 atom stereocenters. The molecule has 5 heteroatoms. The fourth-order valence-electron chi connectivity index (χ4n) is 3.34. The van der Waals surface area contributed by atoms with Crippen molar-refractivity contribution in [2.45, 2.75) is 51.1 Å². The molecule has 0 saturated carbocycles. The summed E-state index contributed by atoms with van der Waals surface area (Å²) in [5.41, 5.74) is 7.08. The van der Waals surface area contributed by atoms with Gasteiger partial charge in [0.15, 0.2) is 11.5 Å². The Kier molecular flexibility index (Phi) is 5.06. The van der Waals surface area contributed by atoms with Crippen LogP contribution in [0.1, 0.15) is 38.2 Å². The molecule has 0 radical (unpaired) electrons. The first kappa shape index (κ1) is 16.1. The number of nitrogens with zero attached hydrogens (tertiary/aromatic N) is 1. The quantitative estimate of drug-likeness (QED) is 0.927. The Balaban J connectivity index is 1.57. The molecule has 0 aromatic heterocycles. The van der Waals surface area contributed by atoms with Gasteiger partial charge >= 0.3 is 0 Å². The number of hydrogen-bond acceptors (Lipinski definition) is 4. The molecule has 3 rings (SSSR count). The number of likely N-dealkylation sites (tertiary alicyclic amines) is 1. The highest BCUT2D eigenvalue weighted by Gasteiger charge is 2.26. The van der Waals surface area contributed by atoms with Crippen molar-refractivity contribution in [3.63, 3.8) is 0 Å². The number of aryl methyl sites for hydroxylation is 1. The summed E-state index contributed by atoms with van der Waals surface area (Å²) in [6.07, 6.45) is 3.96. The van der Waals surface area contributed by atoms with Gasteiger partial charge < -0.3 is 20.1 Å². The van der Waals surface area contributed by atoms with Crippen LogP contribution < -0.4 is 15.2 Å². The maximum atomic E-state index is 12.5. The Morgan fingerprint density at radius 1 is 1.30 bits per heavy atom. The highest BCUT2D eigenvalue weighted by atomic mass is 16.5. The van der Waals surface area contributed by atoms with Gasteiger partial charge in [-0.1, -0.05) is 6.07 Å². The zero-order chi connectivity index (χ0) is 16.2. The van der Waals surface area contributed by atoms with E-state index < -0.39 is 0 Å². The molecule has 23 heavy (non-hydrogen) atoms. The van der Waals surface area contributed by atoms with Crippen molar-refractivity contribution in [2.24, 2.45) is 5.73 Å². The largest absolute Gasteiger partial charge is 0.490 e. The van der Waals surface area contributed by atoms with E-state index in [0.717, 1.165) is 49.3 Å². The Morgan fingerprint density at radius 3 is 2.87 bits per heavy atom. The topological polar surface area (TPSA) is 64.8 Å². The number of ether oxygens (including phenoxy) is 2. The SMILES string of the molecule is C[C@@H]1C[C@@H](N)CCN1C(=O)CCc1ccc2c(c1)OCCCO2. The van der Waals surface area contributed by atoms with Gasteiger partial charge in [0, 0.05) is 31.5 Å². The Hall–Kier alpha value is -1.75. The highest BCUT2D eigenvalue weighted by Crippen LogP contribution is 2.31. The molecule has 0 spiro atoms. The minimum absolute atomic E-state index is 0.219. The third-order valence-corrected chi connectivity index (χ3v) is 4.68. The standard InChI is InChI=1S/C18H26N2O3/c1-13-11-15(19)7-8-20(13)18(21)6-4-14-3-5-16-17(12-14)23-10-2-9-22-16/h3,5,12-13,15H,2,4,6-11,19H2,1H3/t13-,15+/m1/s1. The van der Waals surface area contributed by atoms with Crippen LogP contribution >= 0.6 is 0 Å². The molecule has 2 heterocycles. The summed E-state index contributed by atoms with van der Waals surface area (Å²) in [7, 11) is 0. The highest BCUT2D eigenvalue weighted by molar-refractivity contribution is 5.77. The summed E-state index contributed by atoms with van der Waals surface area (Å²) < 4.78 is 11.3. The Labute approximate surface area is 137 Å². The maximum Gasteiger partial charge on any atom is 0.223 e. The second-order valence-electron chi connectivity index (χ2n) is 6.55. The van der Waals surface area contributed by atoms with Gasteiger partial charge in [0.1, 0.15) is 0 Å². The van der Waals surface area contributed by atoms with Gasteiger partial charge in [-0.05, 0) is 43.9 Å². The normalized spacial score (nSPS) is 24.2. The van der Waals surface area contributed by atoms with Gasteiger partial charge in [0.2, 0.25) is 5.91 Å². The lowest BCUT2D eigenvalue weighted by Crippen LogP contribution is -2.48. The first-order valence-electron chi connectivity index (χ1n) is 8.57. The smallest absolute Gasteiger partial charge is 0.223 e. The minimum atomic E-state index is 0.219. The number of rotatable bonds is 3. The van der Waals surface area contributed by atoms with Gasteiger partial charge in [-0.15, -0.1) is 0 Å². The molecule has 1 amide bonds. The third kappa shape index (κ3) is 3.96. The summed E-state index contributed by atoms with van der Waals surface area (Å²) in [5, 5.41) is 0. The summed E-state index contributed by atoms with van der Waals surface area (Å²) in [6, 6.07) is 6.45. The van der Waals surface area contributed by atoms with Crippen LogP contribution in [0.3, 0.4) is 0 Å². The van der Waals surface area contributed by atoms with E-state index in [2.05, 4.69) is 6.92 Å². The molecule has 0 unspecified atom stereocenters. The minimum Gasteiger partial charge on any atom is -0.490 e. The molecule has 1 aromatic rings. The van der Waals surface area contributed by atoms with Crippen LogP contribution in [0.15, 0.2) is 18.2 Å². The van der Waals surface area contributed by atoms with Crippen LogP contribution in [0.5, 0.6) is 11.5 Å². The Morgan fingerprint density at radius 2 is 2.09 bits per heavy atom. The number of carbonyl (C=O) groups is 1. The van der Waals surface area contributed by atoms with Crippen LogP contribution in [0.25, 0.3) is 0 Å². The summed E-state index contributed by atoms with van der Waals surface area (Å²) >= 11 is 0. The molecule has 5 nitrogen and oxygen atoms in total. The lowest BCUT2D eigenvalue weighted by atomic mass is 9.98. The monoisotopic (exact) mass is 318 g/mol. The van der Waals surface area contributed by atoms with E-state index in [1.54, 1.807) is 0 Å². The zero-order valence-corrected chi connectivity index (χ0v) is 13.8. The van der Waals surface area contributed by atoms with Crippen LogP contribution in [0, 0.1) is 0 Å². The molecular weight excluding hydrogens is 292 g/mol. The summed E-state index contributed by atoms with van der Waals surface area (Å²) in [4.78, 5) is 14.4. The molecule has 1 saturated heterocycles. The number of hydrogen-bond donors (Lipinski definition) is 1. The van der Waals surface area contributed by atoms with Crippen molar-refractivity contribution in [3.05, 3.63) is 23.8 Å². The van der Waals surface area contributed by atoms with Crippen molar-refractivity contribution in [2.75, 3.05) is 19.8 Å². The van der Waals surface area contributed by atoms with Gasteiger partial charge in [0.05, 0.1) is 13.2 Å². The lowest BCUT2D eigenvalue weighted by Gasteiger charge is -2.36. The van der Waals surface area contributed by atoms with Gasteiger partial charge in [-0.3, -0.25) is 4.79 Å². The van der Waals surface area contributed by atoms with E-state index in [1.165, 1.54) is 0 Å². The van der Waals surface area contributed by atoms with Crippen LogP contribution in [0.2, 0.25) is 0 Å². The fourth-order valence-corrected chi connectivity index (χ4v) is 3.34. The summed E-state index contributed by atoms with van der Waals surface area (Å²) in [6.45, 7) is 4.24. The van der Waals surface area contributed by atoms with Crippen molar-refractivity contribution in [1.82, 2.24) is 4.90 Å². The molecule has 126 valence electrons. The third-order valence-electron chi connectivity index (χ3n) is 4.68. The van der Waals surface area contributed by atoms with Gasteiger partial charge in [0.25, 0.3) is 0 Å². The average Bonchev–Trinajstić information content (AvgIpc) is 2.77. The number of fused-ring (bicyclic) bond motifs is 1. The molecule has 2 aliphatic heterocycles. The molecular formula is C18H26N2O3. The second-order valence-corrected chi connectivity index (χ2v) is 6.55. The number of nitrogens with two attached hydrogens (primary N) is 1. The van der Waals surface area contributed by atoms with Crippen molar-refractivity contribution in [3.8, 4) is 11.5 Å². The molecule has 1 aromatic carbocycles. The van der Waals surface area contributed by atoms with E-state index in [-0.39, 0.29) is 18.0 Å². The zero-order valence-electron chi connectivity index (χ0n) is 13.8. The summed E-state index contributed by atoms with van der Waals surface area (Å²) in [5.74, 6) is 1.82. The molecule has 2 aliphatic rings. The van der Waals surface area contributed by atoms with E-state index in [4.69, 9.17) is 15.2 Å². The second kappa shape index (κ2) is 7.21. The van der Waals surface area contributed by atoms with E-state index in [1.807, 2.05) is 23.1 Å². The van der Waals surface area contributed by atoms with E-state index in [9.17, 15) is 4.79 Å². The van der Waals surface area contributed by atoms with Crippen LogP contribution in [-0.4, -0.2) is 42.6 Å². The number of carbonyl (C=O) groups excluding carboxylic acids is 1. The van der Waals surface area contributed by atoms with E-state index in [0.29, 0.717) is 19.6 Å². The van der Waals surface area contributed by atoms with Crippen molar-refractivity contribution < 1.29 is 14.3 Å². The molecule has 0 aliphatic carbocycles. The van der Waals surface area contributed by atoms with Crippen LogP contribution in [-0.2, 0) is 11.2 Å². The van der Waals surface area contributed by atoms with E-state index >= 15 is 0 Å². The molecule has 2 N–H and O–H groups in total. The van der Waals surface area contributed by atoms with Gasteiger partial charge in [-0.25, -0.2) is 0 Å². The first-order chi connectivity index (χ1) is 11.1. The molecule has 0 bridgehead atoms. The maximum absolute atomic E-state index is 12.5.